The molecule has 4 nitrogen and oxygen atoms in total. The maximum atomic E-state index is 7.13. The topological polar surface area (TPSA) is 62.3 Å². The van der Waals surface area contributed by atoms with Gasteiger partial charge in [-0.25, -0.2) is 0 Å². The zero-order valence-corrected chi connectivity index (χ0v) is 6.13. The zero-order valence-electron chi connectivity index (χ0n) is 6.13. The van der Waals surface area contributed by atoms with Gasteiger partial charge in [-0.15, -0.1) is 0 Å². The van der Waals surface area contributed by atoms with Crippen molar-refractivity contribution in [3.05, 3.63) is 0 Å². The Balaban J connectivity index is 2.39. The highest BCUT2D eigenvalue weighted by molar-refractivity contribution is 5.74. The average molecular weight is 143 g/mol. The predicted molar refractivity (Wildman–Crippen MR) is 38.9 cm³/mol. The molecular weight excluding hydrogens is 130 g/mol. The van der Waals surface area contributed by atoms with Crippen LogP contribution in [0.15, 0.2) is 0 Å². The van der Waals surface area contributed by atoms with Crippen LogP contribution in [-0.4, -0.2) is 36.7 Å². The lowest BCUT2D eigenvalue weighted by Crippen LogP contribution is -2.47. The van der Waals surface area contributed by atoms with E-state index in [1.807, 2.05) is 11.8 Å². The van der Waals surface area contributed by atoms with Crippen molar-refractivity contribution < 1.29 is 4.74 Å². The summed E-state index contributed by atoms with van der Waals surface area (Å²) in [5.74, 6) is 0.148. The summed E-state index contributed by atoms with van der Waals surface area (Å²) in [7, 11) is 0. The largest absolute Gasteiger partial charge is 0.375 e. The summed E-state index contributed by atoms with van der Waals surface area (Å²) >= 11 is 0. The van der Waals surface area contributed by atoms with Gasteiger partial charge in [-0.2, -0.15) is 0 Å². The summed E-state index contributed by atoms with van der Waals surface area (Å²) in [6.07, 6.45) is 0.206. The molecule has 0 saturated carbocycles. The van der Waals surface area contributed by atoms with Gasteiger partial charge in [-0.3, -0.25) is 5.41 Å². The van der Waals surface area contributed by atoms with E-state index in [1.165, 1.54) is 0 Å². The van der Waals surface area contributed by atoms with Crippen LogP contribution < -0.4 is 5.73 Å². The van der Waals surface area contributed by atoms with Gasteiger partial charge in [0.15, 0.2) is 5.96 Å². The van der Waals surface area contributed by atoms with Crippen LogP contribution in [0.2, 0.25) is 0 Å². The van der Waals surface area contributed by atoms with Crippen molar-refractivity contribution in [2.24, 2.45) is 5.73 Å². The van der Waals surface area contributed by atoms with Gasteiger partial charge in [0.05, 0.1) is 12.7 Å². The van der Waals surface area contributed by atoms with Crippen molar-refractivity contribution >= 4 is 5.96 Å². The summed E-state index contributed by atoms with van der Waals surface area (Å²) in [6.45, 7) is 4.16. The maximum Gasteiger partial charge on any atom is 0.188 e. The summed E-state index contributed by atoms with van der Waals surface area (Å²) in [5, 5.41) is 7.13. The number of rotatable bonds is 0. The van der Waals surface area contributed by atoms with Crippen molar-refractivity contribution in [3.63, 3.8) is 0 Å². The lowest BCUT2D eigenvalue weighted by Gasteiger charge is -2.31. The zero-order chi connectivity index (χ0) is 7.56. The molecule has 1 fully saturated rings. The highest BCUT2D eigenvalue weighted by atomic mass is 16.5. The molecule has 0 unspecified atom stereocenters. The third kappa shape index (κ3) is 1.60. The minimum atomic E-state index is 0.148. The molecule has 0 spiro atoms. The number of hydrogen-bond acceptors (Lipinski definition) is 2. The number of nitrogens with two attached hydrogens (primary N) is 1. The van der Waals surface area contributed by atoms with E-state index in [-0.39, 0.29) is 12.1 Å². The molecule has 1 aliphatic heterocycles. The van der Waals surface area contributed by atoms with E-state index >= 15 is 0 Å². The van der Waals surface area contributed by atoms with E-state index in [0.717, 1.165) is 13.1 Å². The summed E-state index contributed by atoms with van der Waals surface area (Å²) in [6, 6.07) is 0. The number of morpholine rings is 1. The smallest absolute Gasteiger partial charge is 0.188 e. The van der Waals surface area contributed by atoms with E-state index in [2.05, 4.69) is 0 Å². The van der Waals surface area contributed by atoms with Gasteiger partial charge in [0, 0.05) is 13.1 Å². The normalized spacial score (nSPS) is 26.5. The lowest BCUT2D eigenvalue weighted by atomic mass is 10.3. The number of ether oxygens (including phenoxy) is 1. The monoisotopic (exact) mass is 143 g/mol. The average Bonchev–Trinajstić information content (AvgIpc) is 1.88. The molecule has 1 aliphatic rings. The molecular formula is C6H13N3O. The Hall–Kier alpha value is -0.770. The van der Waals surface area contributed by atoms with Gasteiger partial charge < -0.3 is 15.4 Å². The molecule has 0 bridgehead atoms. The van der Waals surface area contributed by atoms with Gasteiger partial charge in [-0.05, 0) is 6.92 Å². The minimum absolute atomic E-state index is 0.148. The van der Waals surface area contributed by atoms with Crippen LogP contribution in [0.1, 0.15) is 6.92 Å². The van der Waals surface area contributed by atoms with Gasteiger partial charge >= 0.3 is 0 Å². The Morgan fingerprint density at radius 2 is 2.50 bits per heavy atom. The first kappa shape index (κ1) is 7.34. The number of guanidine groups is 1. The fourth-order valence-corrected chi connectivity index (χ4v) is 1.04. The fraction of sp³-hybridized carbons (Fsp3) is 0.833. The third-order valence-electron chi connectivity index (χ3n) is 1.58. The molecule has 0 aromatic rings. The Morgan fingerprint density at radius 3 is 2.90 bits per heavy atom. The lowest BCUT2D eigenvalue weighted by molar-refractivity contribution is 0.00512. The molecule has 1 heterocycles. The molecule has 0 radical (unpaired) electrons. The molecule has 58 valence electrons. The first-order valence-corrected chi connectivity index (χ1v) is 3.40. The quantitative estimate of drug-likeness (QED) is 0.358. The molecule has 1 saturated heterocycles. The molecule has 1 rings (SSSR count). The molecule has 10 heavy (non-hydrogen) atoms. The van der Waals surface area contributed by atoms with Crippen LogP contribution in [0, 0.1) is 5.41 Å². The van der Waals surface area contributed by atoms with Crippen molar-refractivity contribution in [1.82, 2.24) is 4.90 Å². The molecule has 0 amide bonds. The molecule has 1 atom stereocenters. The summed E-state index contributed by atoms with van der Waals surface area (Å²) < 4.78 is 5.26. The summed E-state index contributed by atoms with van der Waals surface area (Å²) in [4.78, 5) is 1.81. The first-order valence-electron chi connectivity index (χ1n) is 3.40. The first-order chi connectivity index (χ1) is 4.70. The van der Waals surface area contributed by atoms with E-state index in [9.17, 15) is 0 Å². The van der Waals surface area contributed by atoms with E-state index in [0.29, 0.717) is 6.61 Å². The number of nitrogens with zero attached hydrogens (tertiary/aromatic N) is 1. The Labute approximate surface area is 60.5 Å². The van der Waals surface area contributed by atoms with Crippen LogP contribution in [0.5, 0.6) is 0 Å². The molecule has 0 aromatic carbocycles. The van der Waals surface area contributed by atoms with E-state index < -0.39 is 0 Å². The van der Waals surface area contributed by atoms with Crippen molar-refractivity contribution in [1.29, 1.82) is 5.41 Å². The molecule has 0 aromatic heterocycles. The van der Waals surface area contributed by atoms with Gasteiger partial charge in [0.25, 0.3) is 0 Å². The van der Waals surface area contributed by atoms with E-state index in [1.54, 1.807) is 0 Å². The summed E-state index contributed by atoms with van der Waals surface area (Å²) in [5.41, 5.74) is 5.28. The van der Waals surface area contributed by atoms with Gasteiger partial charge in [0.2, 0.25) is 0 Å². The molecule has 0 aliphatic carbocycles. The predicted octanol–water partition coefficient (Wildman–Crippen LogP) is -0.399. The second-order valence-electron chi connectivity index (χ2n) is 2.51. The van der Waals surface area contributed by atoms with Crippen molar-refractivity contribution in [3.8, 4) is 0 Å². The number of hydrogen-bond donors (Lipinski definition) is 2. The van der Waals surface area contributed by atoms with Crippen LogP contribution in [-0.2, 0) is 4.74 Å². The fourth-order valence-electron chi connectivity index (χ4n) is 1.04. The second-order valence-corrected chi connectivity index (χ2v) is 2.51. The van der Waals surface area contributed by atoms with Crippen LogP contribution >= 0.6 is 0 Å². The highest BCUT2D eigenvalue weighted by Crippen LogP contribution is 2.02. The van der Waals surface area contributed by atoms with E-state index in [4.69, 9.17) is 15.9 Å². The van der Waals surface area contributed by atoms with Crippen LogP contribution in [0.25, 0.3) is 0 Å². The minimum Gasteiger partial charge on any atom is -0.375 e. The maximum absolute atomic E-state index is 7.13. The van der Waals surface area contributed by atoms with Gasteiger partial charge in [0.1, 0.15) is 0 Å². The van der Waals surface area contributed by atoms with Crippen molar-refractivity contribution in [2.45, 2.75) is 13.0 Å². The Kier molecular flexibility index (Phi) is 2.11. The van der Waals surface area contributed by atoms with Crippen LogP contribution in [0.3, 0.4) is 0 Å². The third-order valence-corrected chi connectivity index (χ3v) is 1.58. The Morgan fingerprint density at radius 1 is 1.80 bits per heavy atom. The molecule has 3 N–H and O–H groups in total. The second kappa shape index (κ2) is 2.88. The van der Waals surface area contributed by atoms with Crippen LogP contribution in [0.4, 0.5) is 0 Å². The standard InChI is InChI=1S/C6H13N3O/c1-5-4-9(6(7)8)2-3-10-5/h5H,2-4H2,1H3,(H3,7,8)/t5-/m1/s1. The molecule has 4 heteroatoms. The Bertz CT molecular complexity index is 137. The SMILES string of the molecule is C[C@@H]1CN(C(=N)N)CCO1. The highest BCUT2D eigenvalue weighted by Gasteiger charge is 2.16. The van der Waals surface area contributed by atoms with Crippen molar-refractivity contribution in [2.75, 3.05) is 19.7 Å². The van der Waals surface area contributed by atoms with Gasteiger partial charge in [-0.1, -0.05) is 0 Å². The number of nitrogens with one attached hydrogen (secondary N) is 1.